The summed E-state index contributed by atoms with van der Waals surface area (Å²) in [5, 5.41) is 1.68. The van der Waals surface area contributed by atoms with Crippen molar-refractivity contribution in [2.45, 2.75) is 33.3 Å². The first-order valence-electron chi connectivity index (χ1n) is 12.0. The number of amidine groups is 1. The van der Waals surface area contributed by atoms with Gasteiger partial charge in [-0.05, 0) is 78.7 Å². The molecule has 0 aromatic heterocycles. The van der Waals surface area contributed by atoms with Crippen LogP contribution in [0.25, 0.3) is 6.08 Å². The largest absolute Gasteiger partial charge is 0.493 e. The number of aryl methyl sites for hydroxylation is 1. The van der Waals surface area contributed by atoms with E-state index in [0.29, 0.717) is 44.8 Å². The van der Waals surface area contributed by atoms with Crippen LogP contribution in [-0.4, -0.2) is 29.6 Å². The molecule has 3 aromatic carbocycles. The third-order valence-corrected chi connectivity index (χ3v) is 7.49. The molecule has 1 fully saturated rings. The number of thioether (sulfide) groups is 1. The summed E-state index contributed by atoms with van der Waals surface area (Å²) in [6.07, 6.45) is 3.77. The number of rotatable bonds is 9. The van der Waals surface area contributed by atoms with Crippen molar-refractivity contribution in [3.8, 4) is 11.5 Å². The van der Waals surface area contributed by atoms with Crippen LogP contribution in [0.4, 0.5) is 5.69 Å². The van der Waals surface area contributed by atoms with E-state index in [9.17, 15) is 4.79 Å². The van der Waals surface area contributed by atoms with Gasteiger partial charge in [-0.3, -0.25) is 9.69 Å². The number of methoxy groups -OCH3 is 1. The van der Waals surface area contributed by atoms with Crippen LogP contribution in [0.5, 0.6) is 11.5 Å². The molecule has 37 heavy (non-hydrogen) atoms. The summed E-state index contributed by atoms with van der Waals surface area (Å²) in [6, 6.07) is 18.9. The molecular weight excluding hydrogens is 527 g/mol. The molecule has 1 aliphatic rings. The summed E-state index contributed by atoms with van der Waals surface area (Å²) in [5.74, 6) is 1.12. The molecule has 0 N–H and O–H groups in total. The standard InChI is InChI=1S/C29H28Cl2N2O3S/c1-4-5-14-33-28(34)27(37-29(33)32-22-10-6-19(2)7-11-22)17-20-9-13-25(26(16-20)35-3)36-18-21-8-12-23(30)24(31)15-21/h6-13,15-17H,4-5,14,18H2,1-3H3/b27-17+,32-29?. The Kier molecular flexibility index (Phi) is 9.19. The van der Waals surface area contributed by atoms with Crippen molar-refractivity contribution in [2.24, 2.45) is 4.99 Å². The lowest BCUT2D eigenvalue weighted by Crippen LogP contribution is -2.30. The quantitative estimate of drug-likeness (QED) is 0.249. The van der Waals surface area contributed by atoms with E-state index >= 15 is 0 Å². The van der Waals surface area contributed by atoms with Crippen molar-refractivity contribution in [3.63, 3.8) is 0 Å². The van der Waals surface area contributed by atoms with Crippen LogP contribution in [0.15, 0.2) is 70.6 Å². The molecule has 0 bridgehead atoms. The second-order valence-corrected chi connectivity index (χ2v) is 10.4. The normalized spacial score (nSPS) is 15.6. The van der Waals surface area contributed by atoms with Crippen molar-refractivity contribution in [1.82, 2.24) is 4.90 Å². The second-order valence-electron chi connectivity index (χ2n) is 8.60. The molecule has 3 aromatic rings. The van der Waals surface area contributed by atoms with Crippen molar-refractivity contribution in [2.75, 3.05) is 13.7 Å². The van der Waals surface area contributed by atoms with E-state index in [2.05, 4.69) is 6.92 Å². The third kappa shape index (κ3) is 6.89. The van der Waals surface area contributed by atoms with Crippen LogP contribution < -0.4 is 9.47 Å². The molecule has 0 saturated carbocycles. The molecule has 4 rings (SSSR count). The van der Waals surface area contributed by atoms with Gasteiger partial charge >= 0.3 is 0 Å². The van der Waals surface area contributed by atoms with Gasteiger partial charge in [-0.2, -0.15) is 0 Å². The van der Waals surface area contributed by atoms with Crippen molar-refractivity contribution >= 4 is 57.8 Å². The van der Waals surface area contributed by atoms with E-state index in [1.54, 1.807) is 24.1 Å². The lowest BCUT2D eigenvalue weighted by Gasteiger charge is -2.14. The Morgan fingerprint density at radius 3 is 2.49 bits per heavy atom. The number of benzene rings is 3. The molecule has 1 heterocycles. The average molecular weight is 556 g/mol. The van der Waals surface area contributed by atoms with Gasteiger partial charge in [-0.15, -0.1) is 0 Å². The number of aliphatic imine (C=N–C) groups is 1. The summed E-state index contributed by atoms with van der Waals surface area (Å²) >= 11 is 13.5. The fraction of sp³-hybridized carbons (Fsp3) is 0.241. The smallest absolute Gasteiger partial charge is 0.266 e. The highest BCUT2D eigenvalue weighted by atomic mass is 35.5. The van der Waals surface area contributed by atoms with Gasteiger partial charge in [0.25, 0.3) is 5.91 Å². The molecule has 1 saturated heterocycles. The van der Waals surface area contributed by atoms with E-state index < -0.39 is 0 Å². The molecule has 0 unspecified atom stereocenters. The Labute approximate surface area is 232 Å². The summed E-state index contributed by atoms with van der Waals surface area (Å²) in [7, 11) is 1.59. The van der Waals surface area contributed by atoms with Gasteiger partial charge in [-0.25, -0.2) is 4.99 Å². The lowest BCUT2D eigenvalue weighted by molar-refractivity contribution is -0.122. The Morgan fingerprint density at radius 2 is 1.78 bits per heavy atom. The molecule has 0 atom stereocenters. The number of carbonyl (C=O) groups excluding carboxylic acids is 1. The van der Waals surface area contributed by atoms with E-state index in [0.717, 1.165) is 29.7 Å². The van der Waals surface area contributed by atoms with Gasteiger partial charge in [0.15, 0.2) is 16.7 Å². The summed E-state index contributed by atoms with van der Waals surface area (Å²) in [4.78, 5) is 20.4. The number of hydrogen-bond acceptors (Lipinski definition) is 5. The zero-order chi connectivity index (χ0) is 26.4. The van der Waals surface area contributed by atoms with Crippen LogP contribution in [0.1, 0.15) is 36.5 Å². The average Bonchev–Trinajstić information content (AvgIpc) is 3.18. The summed E-state index contributed by atoms with van der Waals surface area (Å²) < 4.78 is 11.5. The summed E-state index contributed by atoms with van der Waals surface area (Å²) in [5.41, 5.74) is 3.72. The Bertz CT molecular complexity index is 1340. The number of unbranched alkanes of at least 4 members (excludes halogenated alkanes) is 1. The Balaban J connectivity index is 1.55. The van der Waals surface area contributed by atoms with Gasteiger partial charge in [0.2, 0.25) is 0 Å². The topological polar surface area (TPSA) is 51.1 Å². The SMILES string of the molecule is CCCCN1C(=O)/C(=C\c2ccc(OCc3ccc(Cl)c(Cl)c3)c(OC)c2)SC1=Nc1ccc(C)cc1. The number of carbonyl (C=O) groups is 1. The maximum Gasteiger partial charge on any atom is 0.266 e. The molecule has 1 amide bonds. The first-order chi connectivity index (χ1) is 17.9. The van der Waals surface area contributed by atoms with Gasteiger partial charge in [-0.1, -0.05) is 66.4 Å². The van der Waals surface area contributed by atoms with Crippen LogP contribution in [-0.2, 0) is 11.4 Å². The maximum atomic E-state index is 13.3. The van der Waals surface area contributed by atoms with E-state index in [1.165, 1.54) is 17.3 Å². The maximum absolute atomic E-state index is 13.3. The molecule has 8 heteroatoms. The number of halogens is 2. The molecule has 0 spiro atoms. The van der Waals surface area contributed by atoms with Crippen LogP contribution >= 0.6 is 35.0 Å². The molecular formula is C29H28Cl2N2O3S. The molecule has 0 aliphatic carbocycles. The molecule has 1 aliphatic heterocycles. The van der Waals surface area contributed by atoms with E-state index in [-0.39, 0.29) is 5.91 Å². The number of ether oxygens (including phenoxy) is 2. The van der Waals surface area contributed by atoms with Crippen LogP contribution in [0, 0.1) is 6.92 Å². The highest BCUT2D eigenvalue weighted by Crippen LogP contribution is 2.36. The number of amides is 1. The second kappa shape index (κ2) is 12.5. The van der Waals surface area contributed by atoms with Crippen molar-refractivity contribution in [1.29, 1.82) is 0 Å². The first kappa shape index (κ1) is 27.1. The minimum absolute atomic E-state index is 0.0387. The molecule has 5 nitrogen and oxygen atoms in total. The fourth-order valence-electron chi connectivity index (χ4n) is 3.67. The summed E-state index contributed by atoms with van der Waals surface area (Å²) in [6.45, 7) is 5.10. The zero-order valence-electron chi connectivity index (χ0n) is 21.0. The number of hydrogen-bond donors (Lipinski definition) is 0. The van der Waals surface area contributed by atoms with Gasteiger partial charge in [0.05, 0.1) is 27.7 Å². The highest BCUT2D eigenvalue weighted by Gasteiger charge is 2.33. The Hall–Kier alpha value is -2.93. The van der Waals surface area contributed by atoms with E-state index in [4.69, 9.17) is 37.7 Å². The zero-order valence-corrected chi connectivity index (χ0v) is 23.3. The molecule has 192 valence electrons. The monoisotopic (exact) mass is 554 g/mol. The number of nitrogens with zero attached hydrogens (tertiary/aromatic N) is 2. The minimum Gasteiger partial charge on any atom is -0.493 e. The van der Waals surface area contributed by atoms with Gasteiger partial charge in [0.1, 0.15) is 6.61 Å². The third-order valence-electron chi connectivity index (χ3n) is 5.75. The first-order valence-corrected chi connectivity index (χ1v) is 13.6. The Morgan fingerprint density at radius 1 is 1.00 bits per heavy atom. The lowest BCUT2D eigenvalue weighted by atomic mass is 10.1. The van der Waals surface area contributed by atoms with Gasteiger partial charge < -0.3 is 9.47 Å². The van der Waals surface area contributed by atoms with E-state index in [1.807, 2.05) is 61.5 Å². The predicted molar refractivity (Wildman–Crippen MR) is 154 cm³/mol. The van der Waals surface area contributed by atoms with Crippen molar-refractivity contribution in [3.05, 3.63) is 92.3 Å². The van der Waals surface area contributed by atoms with Crippen LogP contribution in [0.2, 0.25) is 10.0 Å². The highest BCUT2D eigenvalue weighted by molar-refractivity contribution is 8.18. The molecule has 0 radical (unpaired) electrons. The van der Waals surface area contributed by atoms with Gasteiger partial charge in [0, 0.05) is 6.54 Å². The predicted octanol–water partition coefficient (Wildman–Crippen LogP) is 8.29. The van der Waals surface area contributed by atoms with Crippen LogP contribution in [0.3, 0.4) is 0 Å². The minimum atomic E-state index is -0.0387. The van der Waals surface area contributed by atoms with Crippen molar-refractivity contribution < 1.29 is 14.3 Å². The fourth-order valence-corrected chi connectivity index (χ4v) is 5.01.